The van der Waals surface area contributed by atoms with E-state index < -0.39 is 41.0 Å². The number of fused-ring (bicyclic) bond motifs is 1. The number of aryl methyl sites for hydroxylation is 1. The minimum absolute atomic E-state index is 0.0451. The van der Waals surface area contributed by atoms with Gasteiger partial charge >= 0.3 is 6.18 Å². The second-order valence-corrected chi connectivity index (χ2v) is 8.51. The Morgan fingerprint density at radius 2 is 1.72 bits per heavy atom. The average Bonchev–Trinajstić information content (AvgIpc) is 3.13. The van der Waals surface area contributed by atoms with E-state index in [1.54, 1.807) is 12.1 Å². The first kappa shape index (κ1) is 23.6. The van der Waals surface area contributed by atoms with Crippen molar-refractivity contribution in [2.75, 3.05) is 11.5 Å². The summed E-state index contributed by atoms with van der Waals surface area (Å²) in [5, 5.41) is 11.2. The number of aliphatic hydroxyl groups excluding tert-OH is 1. The summed E-state index contributed by atoms with van der Waals surface area (Å²) >= 11 is 0. The van der Waals surface area contributed by atoms with Gasteiger partial charge in [0.25, 0.3) is 11.7 Å². The van der Waals surface area contributed by atoms with Crippen molar-refractivity contribution in [2.24, 2.45) is 0 Å². The highest BCUT2D eigenvalue weighted by Crippen LogP contribution is 2.44. The molecule has 5 rings (SSSR count). The van der Waals surface area contributed by atoms with Crippen LogP contribution in [0.25, 0.3) is 5.76 Å². The van der Waals surface area contributed by atoms with Gasteiger partial charge in [0.05, 0.1) is 23.8 Å². The number of rotatable bonds is 3. The van der Waals surface area contributed by atoms with E-state index in [-0.39, 0.29) is 22.4 Å². The molecular weight excluding hydrogens is 478 g/mol. The van der Waals surface area contributed by atoms with Gasteiger partial charge in [-0.3, -0.25) is 14.5 Å². The van der Waals surface area contributed by atoms with E-state index in [4.69, 9.17) is 4.74 Å². The third kappa shape index (κ3) is 4.00. The zero-order chi connectivity index (χ0) is 25.6. The van der Waals surface area contributed by atoms with Crippen LogP contribution in [0.3, 0.4) is 0 Å². The number of Topliss-reactive ketones (excluding diaryl/α,β-unsaturated/α-hetero) is 1. The fourth-order valence-electron chi connectivity index (χ4n) is 4.56. The molecule has 5 nitrogen and oxygen atoms in total. The van der Waals surface area contributed by atoms with Gasteiger partial charge in [-0.1, -0.05) is 18.2 Å². The number of ether oxygens (including phenoxy) is 1. The number of hydrogen-bond acceptors (Lipinski definition) is 4. The molecule has 3 aromatic carbocycles. The Morgan fingerprint density at radius 1 is 1.00 bits per heavy atom. The van der Waals surface area contributed by atoms with Gasteiger partial charge in [-0.15, -0.1) is 0 Å². The molecule has 9 heteroatoms. The van der Waals surface area contributed by atoms with Crippen molar-refractivity contribution in [1.82, 2.24) is 0 Å². The summed E-state index contributed by atoms with van der Waals surface area (Å²) < 4.78 is 59.7. The number of aliphatic hydroxyl groups is 1. The number of benzene rings is 3. The van der Waals surface area contributed by atoms with Crippen molar-refractivity contribution in [3.8, 4) is 5.75 Å². The van der Waals surface area contributed by atoms with Crippen LogP contribution in [0.5, 0.6) is 5.75 Å². The van der Waals surface area contributed by atoms with E-state index in [1.807, 2.05) is 0 Å². The van der Waals surface area contributed by atoms with Crippen molar-refractivity contribution in [3.63, 3.8) is 0 Å². The lowest BCUT2D eigenvalue weighted by Crippen LogP contribution is -2.30. The highest BCUT2D eigenvalue weighted by Gasteiger charge is 2.48. The van der Waals surface area contributed by atoms with E-state index in [0.717, 1.165) is 47.2 Å². The topological polar surface area (TPSA) is 66.8 Å². The van der Waals surface area contributed by atoms with Crippen molar-refractivity contribution >= 4 is 23.1 Å². The van der Waals surface area contributed by atoms with Crippen LogP contribution in [0.2, 0.25) is 0 Å². The Labute approximate surface area is 203 Å². The Balaban J connectivity index is 1.68. The molecule has 0 aromatic heterocycles. The van der Waals surface area contributed by atoms with E-state index in [9.17, 15) is 32.3 Å². The molecule has 2 aliphatic heterocycles. The van der Waals surface area contributed by atoms with Gasteiger partial charge in [-0.2, -0.15) is 13.2 Å². The molecule has 1 fully saturated rings. The van der Waals surface area contributed by atoms with Crippen LogP contribution in [0.1, 0.15) is 34.7 Å². The molecule has 36 heavy (non-hydrogen) atoms. The smallest absolute Gasteiger partial charge is 0.416 e. The van der Waals surface area contributed by atoms with Gasteiger partial charge in [-0.05, 0) is 66.9 Å². The van der Waals surface area contributed by atoms with Crippen molar-refractivity contribution in [2.45, 2.75) is 25.1 Å². The van der Waals surface area contributed by atoms with Crippen LogP contribution >= 0.6 is 0 Å². The lowest BCUT2D eigenvalue weighted by molar-refractivity contribution is -0.137. The lowest BCUT2D eigenvalue weighted by atomic mass is 9.93. The molecule has 1 unspecified atom stereocenters. The van der Waals surface area contributed by atoms with Gasteiger partial charge in [0.15, 0.2) is 0 Å². The molecule has 2 aliphatic rings. The Hall–Kier alpha value is -4.14. The van der Waals surface area contributed by atoms with Gasteiger partial charge in [0, 0.05) is 16.8 Å². The Morgan fingerprint density at radius 3 is 2.42 bits per heavy atom. The zero-order valence-electron chi connectivity index (χ0n) is 18.7. The molecule has 1 atom stereocenters. The second-order valence-electron chi connectivity index (χ2n) is 8.51. The monoisotopic (exact) mass is 497 g/mol. The standard InChI is InChI=1S/C27H19F4NO4/c28-20-6-2-1-5-19(20)23-22(24(33)16-7-12-21-15(14-16)4-3-13-36-21)25(34)26(35)32(23)18-10-8-17(9-11-18)27(29,30)31/h1-2,5-12,14,23,33H,3-4,13H2/b24-22+. The number of hydrogen-bond donors (Lipinski definition) is 1. The molecular formula is C27H19F4NO4. The first-order valence-corrected chi connectivity index (χ1v) is 11.2. The van der Waals surface area contributed by atoms with Crippen LogP contribution in [0, 0.1) is 5.82 Å². The van der Waals surface area contributed by atoms with E-state index in [2.05, 4.69) is 0 Å². The summed E-state index contributed by atoms with van der Waals surface area (Å²) in [6.07, 6.45) is -3.15. The third-order valence-electron chi connectivity index (χ3n) is 6.30. The highest BCUT2D eigenvalue weighted by molar-refractivity contribution is 6.51. The normalized spacial score (nSPS) is 19.2. The molecule has 2 heterocycles. The average molecular weight is 497 g/mol. The fraction of sp³-hybridized carbons (Fsp3) is 0.185. The number of halogens is 4. The van der Waals surface area contributed by atoms with Crippen LogP contribution in [0.15, 0.2) is 72.3 Å². The lowest BCUT2D eigenvalue weighted by Gasteiger charge is -2.26. The van der Waals surface area contributed by atoms with Gasteiger partial charge in [0.2, 0.25) is 0 Å². The maximum atomic E-state index is 15.0. The first-order valence-electron chi connectivity index (χ1n) is 11.2. The maximum Gasteiger partial charge on any atom is 0.416 e. The molecule has 0 saturated carbocycles. The molecule has 0 aliphatic carbocycles. The summed E-state index contributed by atoms with van der Waals surface area (Å²) in [7, 11) is 0. The Kier molecular flexibility index (Phi) is 5.78. The van der Waals surface area contributed by atoms with Gasteiger partial charge in [0.1, 0.15) is 17.3 Å². The van der Waals surface area contributed by atoms with Crippen molar-refractivity contribution < 1.29 is 37.0 Å². The predicted molar refractivity (Wildman–Crippen MR) is 123 cm³/mol. The number of nitrogens with zero attached hydrogens (tertiary/aromatic N) is 1. The first-order chi connectivity index (χ1) is 17.2. The van der Waals surface area contributed by atoms with Crippen LogP contribution in [0.4, 0.5) is 23.2 Å². The van der Waals surface area contributed by atoms with Crippen LogP contribution in [-0.4, -0.2) is 23.4 Å². The van der Waals surface area contributed by atoms with Crippen LogP contribution in [-0.2, 0) is 22.2 Å². The third-order valence-corrected chi connectivity index (χ3v) is 6.30. The molecule has 0 bridgehead atoms. The molecule has 3 aromatic rings. The quantitative estimate of drug-likeness (QED) is 0.215. The number of alkyl halides is 3. The van der Waals surface area contributed by atoms with Crippen molar-refractivity contribution in [1.29, 1.82) is 0 Å². The summed E-state index contributed by atoms with van der Waals surface area (Å²) in [6.45, 7) is 0.559. The summed E-state index contributed by atoms with van der Waals surface area (Å²) in [4.78, 5) is 27.2. The molecule has 1 saturated heterocycles. The van der Waals surface area contributed by atoms with E-state index >= 15 is 0 Å². The summed E-state index contributed by atoms with van der Waals surface area (Å²) in [5.41, 5.74) is -0.380. The van der Waals surface area contributed by atoms with Crippen molar-refractivity contribution in [3.05, 3.63) is 100 Å². The number of anilines is 1. The Bertz CT molecular complexity index is 1400. The second kappa shape index (κ2) is 8.82. The fourth-order valence-corrected chi connectivity index (χ4v) is 4.56. The van der Waals surface area contributed by atoms with E-state index in [0.29, 0.717) is 18.8 Å². The zero-order valence-corrected chi connectivity index (χ0v) is 18.7. The largest absolute Gasteiger partial charge is 0.507 e. The molecule has 0 spiro atoms. The van der Waals surface area contributed by atoms with Gasteiger partial charge in [-0.25, -0.2) is 4.39 Å². The predicted octanol–water partition coefficient (Wildman–Crippen LogP) is 5.80. The number of amides is 1. The molecule has 184 valence electrons. The molecule has 1 N–H and O–H groups in total. The summed E-state index contributed by atoms with van der Waals surface area (Å²) in [5.74, 6) is -2.77. The number of carbonyl (C=O) groups is 2. The number of ketones is 1. The summed E-state index contributed by atoms with van der Waals surface area (Å²) in [6, 6.07) is 12.5. The maximum absolute atomic E-state index is 15.0. The molecule has 1 amide bonds. The number of carbonyl (C=O) groups excluding carboxylic acids is 2. The van der Waals surface area contributed by atoms with Crippen LogP contribution < -0.4 is 9.64 Å². The minimum atomic E-state index is -4.60. The minimum Gasteiger partial charge on any atom is -0.507 e. The van der Waals surface area contributed by atoms with E-state index in [1.165, 1.54) is 24.3 Å². The molecule has 0 radical (unpaired) electrons. The van der Waals surface area contributed by atoms with Gasteiger partial charge < -0.3 is 9.84 Å². The SMILES string of the molecule is O=C1C(=O)N(c2ccc(C(F)(F)F)cc2)C(c2ccccc2F)/C1=C(\O)c1ccc2c(c1)CCCO2. The highest BCUT2D eigenvalue weighted by atomic mass is 19.4.